The van der Waals surface area contributed by atoms with Crippen molar-refractivity contribution in [2.24, 2.45) is 0 Å². The van der Waals surface area contributed by atoms with Gasteiger partial charge in [-0.1, -0.05) is 0 Å². The van der Waals surface area contributed by atoms with Crippen LogP contribution in [0.5, 0.6) is 5.88 Å². The van der Waals surface area contributed by atoms with Crippen molar-refractivity contribution >= 4 is 34.5 Å². The Balaban J connectivity index is 2.02. The van der Waals surface area contributed by atoms with Gasteiger partial charge in [0.05, 0.1) is 13.0 Å². The number of imidazole rings is 1. The molecule has 19 heavy (non-hydrogen) atoms. The van der Waals surface area contributed by atoms with Crippen molar-refractivity contribution in [3.8, 4) is 5.88 Å². The predicted molar refractivity (Wildman–Crippen MR) is 79.1 cm³/mol. The predicted octanol–water partition coefficient (Wildman–Crippen LogP) is 3.07. The first-order valence-electron chi connectivity index (χ1n) is 6.39. The van der Waals surface area contributed by atoms with Crippen LogP contribution in [-0.2, 0) is 12.4 Å². The van der Waals surface area contributed by atoms with E-state index in [1.54, 1.807) is 7.11 Å². The number of methoxy groups -OCH3 is 1. The second-order valence-electron chi connectivity index (χ2n) is 4.60. The molecule has 0 N–H and O–H groups in total. The number of alkyl halides is 1. The summed E-state index contributed by atoms with van der Waals surface area (Å²) in [5.74, 6) is 3.18. The molecular formula is C13H16ClN3OS. The van der Waals surface area contributed by atoms with Gasteiger partial charge in [0, 0.05) is 17.9 Å². The van der Waals surface area contributed by atoms with Gasteiger partial charge in [0.1, 0.15) is 11.3 Å². The quantitative estimate of drug-likeness (QED) is 0.813. The number of nitrogens with zero attached hydrogens (tertiary/aromatic N) is 3. The fraction of sp³-hybridized carbons (Fsp3) is 0.538. The Kier molecular flexibility index (Phi) is 3.84. The molecule has 3 heterocycles. The Labute approximate surface area is 121 Å². The van der Waals surface area contributed by atoms with Gasteiger partial charge < -0.3 is 9.30 Å². The molecule has 6 heteroatoms. The van der Waals surface area contributed by atoms with E-state index in [4.69, 9.17) is 16.3 Å². The summed E-state index contributed by atoms with van der Waals surface area (Å²) in [5, 5.41) is 0.646. The van der Waals surface area contributed by atoms with Gasteiger partial charge in [-0.15, -0.1) is 11.6 Å². The van der Waals surface area contributed by atoms with Crippen molar-refractivity contribution in [1.82, 2.24) is 14.5 Å². The number of rotatable bonds is 4. The van der Waals surface area contributed by atoms with Gasteiger partial charge in [-0.05, 0) is 24.7 Å². The number of thioether (sulfide) groups is 1. The second kappa shape index (κ2) is 5.59. The highest BCUT2D eigenvalue weighted by molar-refractivity contribution is 8.00. The Morgan fingerprint density at radius 2 is 2.37 bits per heavy atom. The van der Waals surface area contributed by atoms with Crippen molar-refractivity contribution in [1.29, 1.82) is 0 Å². The standard InChI is InChI=1S/C13H16ClN3OS/c1-18-12-5-4-10-13(16-12)17(11(7-14)15-10)8-9-3-2-6-19-9/h4-5,9H,2-3,6-8H2,1H3. The first-order chi connectivity index (χ1) is 9.31. The summed E-state index contributed by atoms with van der Waals surface area (Å²) in [7, 11) is 1.63. The van der Waals surface area contributed by atoms with E-state index in [2.05, 4.69) is 14.5 Å². The monoisotopic (exact) mass is 297 g/mol. The van der Waals surface area contributed by atoms with Gasteiger partial charge in [-0.3, -0.25) is 0 Å². The van der Waals surface area contributed by atoms with Gasteiger partial charge >= 0.3 is 0 Å². The molecule has 0 aliphatic carbocycles. The summed E-state index contributed by atoms with van der Waals surface area (Å²) < 4.78 is 7.35. The second-order valence-corrected chi connectivity index (χ2v) is 6.28. The van der Waals surface area contributed by atoms with Crippen LogP contribution in [0, 0.1) is 0 Å². The third-order valence-corrected chi connectivity index (χ3v) is 5.00. The van der Waals surface area contributed by atoms with Crippen LogP contribution in [-0.4, -0.2) is 32.6 Å². The Hall–Kier alpha value is -0.940. The number of fused-ring (bicyclic) bond motifs is 1. The van der Waals surface area contributed by atoms with Gasteiger partial charge in [-0.2, -0.15) is 16.7 Å². The highest BCUT2D eigenvalue weighted by Crippen LogP contribution is 2.29. The number of hydrogen-bond acceptors (Lipinski definition) is 4. The maximum absolute atomic E-state index is 6.01. The Morgan fingerprint density at radius 3 is 3.05 bits per heavy atom. The third-order valence-electron chi connectivity index (χ3n) is 3.38. The van der Waals surface area contributed by atoms with Crippen molar-refractivity contribution in [2.45, 2.75) is 30.5 Å². The Bertz CT molecular complexity index is 581. The molecule has 4 nitrogen and oxygen atoms in total. The molecule has 1 atom stereocenters. The van der Waals surface area contributed by atoms with Crippen LogP contribution in [0.1, 0.15) is 18.7 Å². The maximum atomic E-state index is 6.01. The number of aromatic nitrogens is 3. The molecule has 0 amide bonds. The van der Waals surface area contributed by atoms with E-state index in [0.29, 0.717) is 17.0 Å². The molecular weight excluding hydrogens is 282 g/mol. The normalized spacial score (nSPS) is 19.2. The third kappa shape index (κ3) is 2.54. The molecule has 0 saturated carbocycles. The highest BCUT2D eigenvalue weighted by atomic mass is 35.5. The molecule has 102 valence electrons. The van der Waals surface area contributed by atoms with E-state index in [9.17, 15) is 0 Å². The molecule has 1 aliphatic heterocycles. The van der Waals surface area contributed by atoms with Crippen LogP contribution in [0.2, 0.25) is 0 Å². The average molecular weight is 298 g/mol. The van der Waals surface area contributed by atoms with Crippen molar-refractivity contribution in [2.75, 3.05) is 12.9 Å². The molecule has 0 bridgehead atoms. The molecule has 0 radical (unpaired) electrons. The molecule has 2 aromatic heterocycles. The zero-order valence-electron chi connectivity index (χ0n) is 10.8. The lowest BCUT2D eigenvalue weighted by molar-refractivity contribution is 0.399. The molecule has 1 saturated heterocycles. The maximum Gasteiger partial charge on any atom is 0.215 e. The van der Waals surface area contributed by atoms with Crippen LogP contribution in [0.15, 0.2) is 12.1 Å². The van der Waals surface area contributed by atoms with E-state index in [1.165, 1.54) is 18.6 Å². The van der Waals surface area contributed by atoms with Gasteiger partial charge in [-0.25, -0.2) is 4.98 Å². The van der Waals surface area contributed by atoms with Gasteiger partial charge in [0.15, 0.2) is 5.65 Å². The first-order valence-corrected chi connectivity index (χ1v) is 7.98. The minimum atomic E-state index is 0.413. The van der Waals surface area contributed by atoms with E-state index < -0.39 is 0 Å². The van der Waals surface area contributed by atoms with Crippen LogP contribution >= 0.6 is 23.4 Å². The molecule has 0 aromatic carbocycles. The van der Waals surface area contributed by atoms with Crippen LogP contribution in [0.25, 0.3) is 11.2 Å². The number of halogens is 1. The minimum Gasteiger partial charge on any atom is -0.481 e. The zero-order valence-corrected chi connectivity index (χ0v) is 12.4. The van der Waals surface area contributed by atoms with Crippen LogP contribution in [0.3, 0.4) is 0 Å². The topological polar surface area (TPSA) is 39.9 Å². The fourth-order valence-electron chi connectivity index (χ4n) is 2.43. The molecule has 2 aromatic rings. The number of ether oxygens (including phenoxy) is 1. The molecule has 1 aliphatic rings. The SMILES string of the molecule is COc1ccc2nc(CCl)n(CC3CCCS3)c2n1. The zero-order chi connectivity index (χ0) is 13.2. The van der Waals surface area contributed by atoms with Crippen LogP contribution in [0.4, 0.5) is 0 Å². The number of pyridine rings is 1. The largest absolute Gasteiger partial charge is 0.481 e. The van der Waals surface area contributed by atoms with Crippen molar-refractivity contribution in [3.05, 3.63) is 18.0 Å². The molecule has 1 unspecified atom stereocenters. The highest BCUT2D eigenvalue weighted by Gasteiger charge is 2.20. The lowest BCUT2D eigenvalue weighted by atomic mass is 10.2. The van der Waals surface area contributed by atoms with Crippen LogP contribution < -0.4 is 4.74 Å². The lowest BCUT2D eigenvalue weighted by Gasteiger charge is -2.12. The smallest absolute Gasteiger partial charge is 0.215 e. The Morgan fingerprint density at radius 1 is 1.47 bits per heavy atom. The molecule has 1 fully saturated rings. The summed E-state index contributed by atoms with van der Waals surface area (Å²) in [6.45, 7) is 0.934. The minimum absolute atomic E-state index is 0.413. The summed E-state index contributed by atoms with van der Waals surface area (Å²) >= 11 is 8.04. The van der Waals surface area contributed by atoms with Crippen molar-refractivity contribution in [3.63, 3.8) is 0 Å². The molecule has 3 rings (SSSR count). The van der Waals surface area contributed by atoms with Gasteiger partial charge in [0.25, 0.3) is 0 Å². The summed E-state index contributed by atoms with van der Waals surface area (Å²) in [5.41, 5.74) is 1.77. The van der Waals surface area contributed by atoms with E-state index in [0.717, 1.165) is 23.5 Å². The average Bonchev–Trinajstić information content (AvgIpc) is 3.07. The van der Waals surface area contributed by atoms with E-state index >= 15 is 0 Å². The van der Waals surface area contributed by atoms with E-state index in [-0.39, 0.29) is 0 Å². The van der Waals surface area contributed by atoms with Crippen molar-refractivity contribution < 1.29 is 4.74 Å². The number of hydrogen-bond donors (Lipinski definition) is 0. The summed E-state index contributed by atoms with van der Waals surface area (Å²) in [6.07, 6.45) is 2.56. The first kappa shape index (κ1) is 13.1. The van der Waals surface area contributed by atoms with Gasteiger partial charge in [0.2, 0.25) is 5.88 Å². The fourth-order valence-corrected chi connectivity index (χ4v) is 3.89. The molecule has 0 spiro atoms. The lowest BCUT2D eigenvalue weighted by Crippen LogP contribution is -2.12. The summed E-state index contributed by atoms with van der Waals surface area (Å²) in [4.78, 5) is 9.07. The van der Waals surface area contributed by atoms with E-state index in [1.807, 2.05) is 23.9 Å². The summed E-state index contributed by atoms with van der Waals surface area (Å²) in [6, 6.07) is 3.78.